The molecule has 1 heteroatoms. The van der Waals surface area contributed by atoms with E-state index < -0.39 is 0 Å². The Morgan fingerprint density at radius 2 is 1.82 bits per heavy atom. The van der Waals surface area contributed by atoms with E-state index in [0.29, 0.717) is 0 Å². The summed E-state index contributed by atoms with van der Waals surface area (Å²) in [6, 6.07) is 0. The molecular weight excluding hydrogens is 134 g/mol. The van der Waals surface area contributed by atoms with Gasteiger partial charge < -0.3 is 5.32 Å². The number of rotatable bonds is 2. The third kappa shape index (κ3) is 0.746. The zero-order valence-corrected chi connectivity index (χ0v) is 7.02. The lowest BCUT2D eigenvalue weighted by Gasteiger charge is -2.25. The van der Waals surface area contributed by atoms with E-state index in [9.17, 15) is 0 Å². The number of likely N-dealkylation sites (N-methyl/N-ethyl adjacent to an activating group) is 1. The maximum Gasteiger partial charge on any atom is 0.0661 e. The summed E-state index contributed by atoms with van der Waals surface area (Å²) in [7, 11) is 0. The van der Waals surface area contributed by atoms with Gasteiger partial charge in [-0.3, -0.25) is 0 Å². The first-order valence-corrected chi connectivity index (χ1v) is 4.13. The van der Waals surface area contributed by atoms with Crippen molar-refractivity contribution in [2.24, 2.45) is 0 Å². The van der Waals surface area contributed by atoms with Crippen LogP contribution in [0.4, 0.5) is 0 Å². The molecule has 0 aliphatic heterocycles. The molecule has 2 rings (SSSR count). The van der Waals surface area contributed by atoms with Crippen LogP contribution in [0.25, 0.3) is 0 Å². The monoisotopic (exact) mass is 147 g/mol. The summed E-state index contributed by atoms with van der Waals surface area (Å²) in [5, 5.41) is 3.48. The third-order valence-corrected chi connectivity index (χ3v) is 2.57. The number of hydrogen-bond acceptors (Lipinski definition) is 1. The van der Waals surface area contributed by atoms with Gasteiger partial charge in [-0.15, -0.1) is 0 Å². The van der Waals surface area contributed by atoms with Crippen LogP contribution < -0.4 is 5.32 Å². The molecule has 2 aliphatic carbocycles. The topological polar surface area (TPSA) is 12.0 Å². The Labute approximate surface area is 67.5 Å². The Balaban J connectivity index is 2.32. The van der Waals surface area contributed by atoms with E-state index in [2.05, 4.69) is 43.5 Å². The average Bonchev–Trinajstić information content (AvgIpc) is 2.46. The predicted octanol–water partition coefficient (Wildman–Crippen LogP) is 1.79. The number of allylic oxidation sites excluding steroid dienone is 2. The van der Waals surface area contributed by atoms with Crippen LogP contribution >= 0.6 is 0 Å². The molecule has 11 heavy (non-hydrogen) atoms. The van der Waals surface area contributed by atoms with E-state index in [1.807, 2.05) is 0 Å². The Kier molecular flexibility index (Phi) is 1.30. The smallest absolute Gasteiger partial charge is 0.0661 e. The summed E-state index contributed by atoms with van der Waals surface area (Å²) in [6.07, 6.45) is 8.77. The van der Waals surface area contributed by atoms with E-state index in [4.69, 9.17) is 0 Å². The molecule has 0 heterocycles. The van der Waals surface area contributed by atoms with Crippen LogP contribution in [-0.4, -0.2) is 12.1 Å². The SMILES string of the molecule is CCNC1(C)C2=CC=C1C=C2. The van der Waals surface area contributed by atoms with Crippen molar-refractivity contribution in [2.45, 2.75) is 19.4 Å². The molecule has 0 amide bonds. The Hall–Kier alpha value is -0.820. The van der Waals surface area contributed by atoms with Crippen LogP contribution in [0.1, 0.15) is 13.8 Å². The van der Waals surface area contributed by atoms with Gasteiger partial charge in [-0.2, -0.15) is 0 Å². The first-order valence-electron chi connectivity index (χ1n) is 4.13. The first kappa shape index (κ1) is 6.86. The summed E-state index contributed by atoms with van der Waals surface area (Å²) in [5.41, 5.74) is 2.93. The lowest BCUT2D eigenvalue weighted by atomic mass is 9.94. The average molecular weight is 147 g/mol. The van der Waals surface area contributed by atoms with Gasteiger partial charge in [-0.05, 0) is 24.6 Å². The minimum atomic E-state index is 0.134. The van der Waals surface area contributed by atoms with Crippen LogP contribution in [-0.2, 0) is 0 Å². The second-order valence-corrected chi connectivity index (χ2v) is 3.23. The van der Waals surface area contributed by atoms with Gasteiger partial charge >= 0.3 is 0 Å². The molecule has 58 valence electrons. The molecule has 0 saturated heterocycles. The summed E-state index contributed by atoms with van der Waals surface area (Å²) < 4.78 is 0. The van der Waals surface area contributed by atoms with Crippen molar-refractivity contribution in [1.82, 2.24) is 5.32 Å². The summed E-state index contributed by atoms with van der Waals surface area (Å²) >= 11 is 0. The minimum absolute atomic E-state index is 0.134. The van der Waals surface area contributed by atoms with Gasteiger partial charge in [0.15, 0.2) is 0 Å². The summed E-state index contributed by atoms with van der Waals surface area (Å²) in [5.74, 6) is 0. The Bertz CT molecular complexity index is 247. The fraction of sp³-hybridized carbons (Fsp3) is 0.400. The van der Waals surface area contributed by atoms with Crippen molar-refractivity contribution in [3.63, 3.8) is 0 Å². The normalized spacial score (nSPS) is 23.8. The molecule has 2 aliphatic rings. The van der Waals surface area contributed by atoms with Gasteiger partial charge in [0.1, 0.15) is 0 Å². The van der Waals surface area contributed by atoms with Gasteiger partial charge in [-0.25, -0.2) is 0 Å². The van der Waals surface area contributed by atoms with Crippen molar-refractivity contribution in [1.29, 1.82) is 0 Å². The van der Waals surface area contributed by atoms with E-state index in [0.717, 1.165) is 6.54 Å². The fourth-order valence-electron chi connectivity index (χ4n) is 1.86. The highest BCUT2D eigenvalue weighted by Gasteiger charge is 2.36. The highest BCUT2D eigenvalue weighted by molar-refractivity contribution is 5.60. The van der Waals surface area contributed by atoms with Crippen LogP contribution in [0.3, 0.4) is 0 Å². The minimum Gasteiger partial charge on any atom is -0.304 e. The first-order chi connectivity index (χ1) is 5.27. The van der Waals surface area contributed by atoms with Crippen LogP contribution in [0, 0.1) is 0 Å². The summed E-state index contributed by atoms with van der Waals surface area (Å²) in [6.45, 7) is 5.40. The number of fused-ring (bicyclic) bond motifs is 2. The van der Waals surface area contributed by atoms with Crippen molar-refractivity contribution in [3.05, 3.63) is 35.5 Å². The second kappa shape index (κ2) is 2.08. The lowest BCUT2D eigenvalue weighted by Crippen LogP contribution is -2.41. The molecule has 0 aromatic carbocycles. The fourth-order valence-corrected chi connectivity index (χ4v) is 1.86. The van der Waals surface area contributed by atoms with E-state index >= 15 is 0 Å². The lowest BCUT2D eigenvalue weighted by molar-refractivity contribution is 0.523. The molecule has 1 nitrogen and oxygen atoms in total. The quantitative estimate of drug-likeness (QED) is 0.628. The molecule has 0 fully saturated rings. The molecule has 0 saturated carbocycles. The van der Waals surface area contributed by atoms with Gasteiger partial charge in [0, 0.05) is 0 Å². The number of hydrogen-bond donors (Lipinski definition) is 1. The van der Waals surface area contributed by atoms with E-state index in [1.54, 1.807) is 0 Å². The van der Waals surface area contributed by atoms with E-state index in [-0.39, 0.29) is 5.54 Å². The van der Waals surface area contributed by atoms with Gasteiger partial charge in [-0.1, -0.05) is 31.2 Å². The highest BCUT2D eigenvalue weighted by atomic mass is 15.0. The molecule has 2 bridgehead atoms. The largest absolute Gasteiger partial charge is 0.304 e. The molecular formula is C10H13N. The highest BCUT2D eigenvalue weighted by Crippen LogP contribution is 2.38. The maximum atomic E-state index is 3.48. The van der Waals surface area contributed by atoms with Crippen molar-refractivity contribution in [2.75, 3.05) is 6.54 Å². The zero-order valence-electron chi connectivity index (χ0n) is 7.02. The van der Waals surface area contributed by atoms with Gasteiger partial charge in [0.05, 0.1) is 5.54 Å². The predicted molar refractivity (Wildman–Crippen MR) is 47.4 cm³/mol. The van der Waals surface area contributed by atoms with Crippen LogP contribution in [0.15, 0.2) is 35.5 Å². The van der Waals surface area contributed by atoms with Crippen molar-refractivity contribution < 1.29 is 0 Å². The van der Waals surface area contributed by atoms with E-state index in [1.165, 1.54) is 11.1 Å². The summed E-state index contributed by atoms with van der Waals surface area (Å²) in [4.78, 5) is 0. The van der Waals surface area contributed by atoms with Gasteiger partial charge in [0.2, 0.25) is 0 Å². The standard InChI is InChI=1S/C10H13N/c1-3-11-10(2)8-4-5-9(10)7-6-8/h4-7,11H,3H2,1-2H3. The molecule has 0 spiro atoms. The van der Waals surface area contributed by atoms with Crippen LogP contribution in [0.2, 0.25) is 0 Å². The van der Waals surface area contributed by atoms with Crippen molar-refractivity contribution >= 4 is 0 Å². The third-order valence-electron chi connectivity index (χ3n) is 2.57. The van der Waals surface area contributed by atoms with Crippen LogP contribution in [0.5, 0.6) is 0 Å². The zero-order chi connectivity index (χ0) is 7.90. The molecule has 1 N–H and O–H groups in total. The molecule has 0 aromatic rings. The Morgan fingerprint density at radius 3 is 2.18 bits per heavy atom. The Morgan fingerprint density at radius 1 is 1.27 bits per heavy atom. The number of nitrogens with one attached hydrogen (secondary N) is 1. The molecule has 0 atom stereocenters. The van der Waals surface area contributed by atoms with Crippen molar-refractivity contribution in [3.8, 4) is 0 Å². The van der Waals surface area contributed by atoms with Gasteiger partial charge in [0.25, 0.3) is 0 Å². The molecule has 0 aromatic heterocycles. The molecule has 0 unspecified atom stereocenters. The maximum absolute atomic E-state index is 3.48. The molecule has 0 radical (unpaired) electrons. The second-order valence-electron chi connectivity index (χ2n) is 3.23.